The van der Waals surface area contributed by atoms with Gasteiger partial charge in [-0.25, -0.2) is 12.8 Å². The summed E-state index contributed by atoms with van der Waals surface area (Å²) in [5, 5.41) is 5.89. The van der Waals surface area contributed by atoms with Crippen molar-refractivity contribution in [3.05, 3.63) is 83.7 Å². The second-order valence-electron chi connectivity index (χ2n) is 6.76. The van der Waals surface area contributed by atoms with E-state index < -0.39 is 15.7 Å². The maximum Gasteiger partial charge on any atom is 0.257 e. The van der Waals surface area contributed by atoms with Gasteiger partial charge in [0.1, 0.15) is 18.2 Å². The number of ether oxygens (including phenoxy) is 1. The molecule has 1 aliphatic heterocycles. The number of benzene rings is 3. The lowest BCUT2D eigenvalue weighted by atomic mass is 10.1. The van der Waals surface area contributed by atoms with Crippen molar-refractivity contribution in [3.8, 4) is 5.75 Å². The molecule has 1 heterocycles. The third kappa shape index (κ3) is 4.05. The molecule has 0 aromatic heterocycles. The minimum atomic E-state index is -3.80. The van der Waals surface area contributed by atoms with Crippen LogP contribution in [0.15, 0.2) is 76.5 Å². The molecule has 0 saturated heterocycles. The summed E-state index contributed by atoms with van der Waals surface area (Å²) in [5.41, 5.74) is 1.21. The zero-order valence-corrected chi connectivity index (χ0v) is 16.7. The van der Waals surface area contributed by atoms with Gasteiger partial charge in [-0.05, 0) is 54.1 Å². The molecule has 154 valence electrons. The van der Waals surface area contributed by atoms with Crippen LogP contribution in [0.2, 0.25) is 0 Å². The molecule has 2 N–H and O–H groups in total. The highest BCUT2D eigenvalue weighted by Gasteiger charge is 2.30. The molecule has 0 spiro atoms. The molecule has 0 saturated carbocycles. The summed E-state index contributed by atoms with van der Waals surface area (Å²) < 4.78 is 44.4. The summed E-state index contributed by atoms with van der Waals surface area (Å²) in [5.74, 6) is -0.192. The van der Waals surface area contributed by atoms with Gasteiger partial charge in [0.05, 0.1) is 21.0 Å². The molecule has 0 aliphatic carbocycles. The number of carbonyl (C=O) groups excluding carboxylic acids is 1. The van der Waals surface area contributed by atoms with Crippen molar-refractivity contribution in [1.82, 2.24) is 5.32 Å². The number of anilines is 1. The molecular formula is C22H19FN2O4S. The lowest BCUT2D eigenvalue weighted by Crippen LogP contribution is -2.20. The smallest absolute Gasteiger partial charge is 0.257 e. The van der Waals surface area contributed by atoms with Crippen LogP contribution in [0, 0.1) is 5.82 Å². The van der Waals surface area contributed by atoms with Gasteiger partial charge in [-0.15, -0.1) is 0 Å². The number of sulfone groups is 1. The molecule has 8 heteroatoms. The summed E-state index contributed by atoms with van der Waals surface area (Å²) >= 11 is 0. The molecule has 0 fully saturated rings. The topological polar surface area (TPSA) is 84.5 Å². The Labute approximate surface area is 173 Å². The molecule has 0 radical (unpaired) electrons. The van der Waals surface area contributed by atoms with Gasteiger partial charge in [-0.2, -0.15) is 0 Å². The predicted octanol–water partition coefficient (Wildman–Crippen LogP) is 3.39. The lowest BCUT2D eigenvalue weighted by Gasteiger charge is -2.11. The number of carbonyl (C=O) groups is 1. The standard InChI is InChI=1S/C22H19FN2O4S/c23-16-6-8-17(9-7-16)29-12-11-24-14-15-5-10-21-19(13-15)25-22(26)18-3-1-2-4-20(18)30(21,27)28/h1-10,13,24H,11-12,14H2,(H,25,26). The zero-order valence-electron chi connectivity index (χ0n) is 15.9. The molecular weight excluding hydrogens is 407 g/mol. The van der Waals surface area contributed by atoms with Crippen molar-refractivity contribution in [3.63, 3.8) is 0 Å². The third-order valence-electron chi connectivity index (χ3n) is 4.69. The van der Waals surface area contributed by atoms with E-state index in [1.165, 1.54) is 30.3 Å². The Morgan fingerprint density at radius 3 is 2.53 bits per heavy atom. The van der Waals surface area contributed by atoms with E-state index in [9.17, 15) is 17.6 Å². The Morgan fingerprint density at radius 2 is 1.73 bits per heavy atom. The van der Waals surface area contributed by atoms with Crippen LogP contribution >= 0.6 is 0 Å². The van der Waals surface area contributed by atoms with E-state index in [-0.39, 0.29) is 26.9 Å². The summed E-state index contributed by atoms with van der Waals surface area (Å²) in [6.45, 7) is 1.38. The fraction of sp³-hybridized carbons (Fsp3) is 0.136. The van der Waals surface area contributed by atoms with Crippen molar-refractivity contribution >= 4 is 21.4 Å². The molecule has 4 rings (SSSR count). The molecule has 0 atom stereocenters. The molecule has 30 heavy (non-hydrogen) atoms. The van der Waals surface area contributed by atoms with Crippen molar-refractivity contribution in [1.29, 1.82) is 0 Å². The second kappa shape index (κ2) is 8.25. The highest BCUT2D eigenvalue weighted by atomic mass is 32.2. The van der Waals surface area contributed by atoms with Crippen molar-refractivity contribution in [2.24, 2.45) is 0 Å². The summed E-state index contributed by atoms with van der Waals surface area (Å²) in [4.78, 5) is 12.6. The number of rotatable bonds is 6. The fourth-order valence-corrected chi connectivity index (χ4v) is 4.81. The van der Waals surface area contributed by atoms with Gasteiger partial charge in [-0.3, -0.25) is 4.79 Å². The monoisotopic (exact) mass is 426 g/mol. The van der Waals surface area contributed by atoms with Gasteiger partial charge in [0.25, 0.3) is 5.91 Å². The first kappa shape index (κ1) is 20.1. The van der Waals surface area contributed by atoms with E-state index in [1.54, 1.807) is 36.4 Å². The number of fused-ring (bicyclic) bond motifs is 2. The predicted molar refractivity (Wildman–Crippen MR) is 110 cm³/mol. The first-order valence-corrected chi connectivity index (χ1v) is 10.8. The van der Waals surface area contributed by atoms with Gasteiger partial charge in [0, 0.05) is 13.1 Å². The van der Waals surface area contributed by atoms with Crippen LogP contribution in [0.5, 0.6) is 5.75 Å². The number of halogens is 1. The first-order chi connectivity index (χ1) is 14.4. The average molecular weight is 426 g/mol. The van der Waals surface area contributed by atoms with Gasteiger partial charge in [0.15, 0.2) is 0 Å². The van der Waals surface area contributed by atoms with Gasteiger partial charge in [0.2, 0.25) is 9.84 Å². The molecule has 0 unspecified atom stereocenters. The van der Waals surface area contributed by atoms with Crippen molar-refractivity contribution in [2.45, 2.75) is 16.3 Å². The molecule has 3 aromatic rings. The molecule has 1 aliphatic rings. The van der Waals surface area contributed by atoms with Crippen LogP contribution < -0.4 is 15.4 Å². The van der Waals surface area contributed by atoms with E-state index >= 15 is 0 Å². The van der Waals surface area contributed by atoms with Crippen LogP contribution in [0.1, 0.15) is 15.9 Å². The lowest BCUT2D eigenvalue weighted by molar-refractivity contribution is 0.102. The Morgan fingerprint density at radius 1 is 0.967 bits per heavy atom. The van der Waals surface area contributed by atoms with Crippen LogP contribution in [0.25, 0.3) is 0 Å². The fourth-order valence-electron chi connectivity index (χ4n) is 3.22. The normalized spacial score (nSPS) is 14.2. The van der Waals surface area contributed by atoms with Gasteiger partial charge < -0.3 is 15.4 Å². The van der Waals surface area contributed by atoms with E-state index in [0.717, 1.165) is 5.56 Å². The average Bonchev–Trinajstić information content (AvgIpc) is 2.82. The minimum absolute atomic E-state index is 0.00469. The SMILES string of the molecule is O=C1Nc2cc(CNCCOc3ccc(F)cc3)ccc2S(=O)(=O)c2ccccc21. The van der Waals surface area contributed by atoms with E-state index in [2.05, 4.69) is 10.6 Å². The van der Waals surface area contributed by atoms with Crippen LogP contribution in [0.4, 0.5) is 10.1 Å². The van der Waals surface area contributed by atoms with E-state index in [0.29, 0.717) is 25.4 Å². The summed E-state index contributed by atoms with van der Waals surface area (Å²) in [7, 11) is -3.80. The summed E-state index contributed by atoms with van der Waals surface area (Å²) in [6, 6.07) is 16.8. The first-order valence-electron chi connectivity index (χ1n) is 9.32. The van der Waals surface area contributed by atoms with Gasteiger partial charge >= 0.3 is 0 Å². The van der Waals surface area contributed by atoms with Crippen LogP contribution in [-0.4, -0.2) is 27.5 Å². The Balaban J connectivity index is 1.42. The number of hydrogen-bond acceptors (Lipinski definition) is 5. The molecule has 0 bridgehead atoms. The highest BCUT2D eigenvalue weighted by Crippen LogP contribution is 2.34. The summed E-state index contributed by atoms with van der Waals surface area (Å²) in [6.07, 6.45) is 0. The quantitative estimate of drug-likeness (QED) is 0.591. The Bertz CT molecular complexity index is 1190. The molecule has 3 aromatic carbocycles. The van der Waals surface area contributed by atoms with Crippen LogP contribution in [0.3, 0.4) is 0 Å². The highest BCUT2D eigenvalue weighted by molar-refractivity contribution is 7.91. The number of amides is 1. The maximum absolute atomic E-state index is 13.0. The van der Waals surface area contributed by atoms with E-state index in [4.69, 9.17) is 4.74 Å². The molecule has 6 nitrogen and oxygen atoms in total. The number of nitrogens with one attached hydrogen (secondary N) is 2. The van der Waals surface area contributed by atoms with Gasteiger partial charge in [-0.1, -0.05) is 18.2 Å². The van der Waals surface area contributed by atoms with E-state index in [1.807, 2.05) is 0 Å². The second-order valence-corrected chi connectivity index (χ2v) is 8.65. The van der Waals surface area contributed by atoms with Crippen molar-refractivity contribution < 1.29 is 22.3 Å². The Hall–Kier alpha value is -3.23. The van der Waals surface area contributed by atoms with Crippen molar-refractivity contribution in [2.75, 3.05) is 18.5 Å². The Kier molecular flexibility index (Phi) is 5.52. The third-order valence-corrected chi connectivity index (χ3v) is 6.56. The minimum Gasteiger partial charge on any atom is -0.492 e. The number of hydrogen-bond donors (Lipinski definition) is 2. The maximum atomic E-state index is 13.0. The zero-order chi connectivity index (χ0) is 21.1. The molecule has 1 amide bonds. The van der Waals surface area contributed by atoms with Crippen LogP contribution in [-0.2, 0) is 16.4 Å². The largest absolute Gasteiger partial charge is 0.492 e.